The molecule has 1 atom stereocenters. The van der Waals surface area contributed by atoms with Gasteiger partial charge in [-0.15, -0.1) is 0 Å². The zero-order valence-corrected chi connectivity index (χ0v) is 22.9. The van der Waals surface area contributed by atoms with Crippen LogP contribution in [0.3, 0.4) is 0 Å². The number of fused-ring (bicyclic) bond motifs is 1. The minimum Gasteiger partial charge on any atom is -0.493 e. The number of hydrogen-bond donors (Lipinski definition) is 1. The van der Waals surface area contributed by atoms with Gasteiger partial charge in [0, 0.05) is 27.7 Å². The van der Waals surface area contributed by atoms with Crippen LogP contribution in [-0.4, -0.2) is 25.9 Å². The third-order valence-electron chi connectivity index (χ3n) is 6.93. The standard InChI is InChI=1S/C30H29BrN2O4/c1-30(2)16-22-27(24(34)17-30)28(19-11-14-25(36-3)26(15-19)37-4)33(23-8-6-5-7-21(23)32-22)29(35)18-9-12-20(31)13-10-18/h5-15,28,32H,16-17H2,1-4H3. The number of halogens is 1. The zero-order chi connectivity index (χ0) is 26.3. The Labute approximate surface area is 225 Å². The van der Waals surface area contributed by atoms with Gasteiger partial charge in [0.2, 0.25) is 0 Å². The van der Waals surface area contributed by atoms with E-state index in [1.807, 2.05) is 54.6 Å². The molecule has 0 bridgehead atoms. The van der Waals surface area contributed by atoms with Crippen LogP contribution in [0, 0.1) is 5.41 Å². The molecule has 1 N–H and O–H groups in total. The highest BCUT2D eigenvalue weighted by Gasteiger charge is 2.43. The number of allylic oxidation sites excluding steroid dienone is 1. The van der Waals surface area contributed by atoms with E-state index >= 15 is 0 Å². The number of nitrogens with zero attached hydrogens (tertiary/aromatic N) is 1. The third-order valence-corrected chi connectivity index (χ3v) is 7.46. The number of nitrogens with one attached hydrogen (secondary N) is 1. The van der Waals surface area contributed by atoms with Crippen LogP contribution >= 0.6 is 15.9 Å². The van der Waals surface area contributed by atoms with E-state index in [9.17, 15) is 9.59 Å². The minimum atomic E-state index is -0.661. The maximum atomic E-state index is 14.3. The van der Waals surface area contributed by atoms with E-state index in [4.69, 9.17) is 9.47 Å². The number of para-hydroxylation sites is 2. The monoisotopic (exact) mass is 560 g/mol. The lowest BCUT2D eigenvalue weighted by Crippen LogP contribution is -2.39. The number of ether oxygens (including phenoxy) is 2. The summed E-state index contributed by atoms with van der Waals surface area (Å²) in [4.78, 5) is 29.9. The largest absolute Gasteiger partial charge is 0.493 e. The van der Waals surface area contributed by atoms with E-state index in [0.717, 1.165) is 21.4 Å². The average molecular weight is 561 g/mol. The predicted molar refractivity (Wildman–Crippen MR) is 148 cm³/mol. The molecule has 0 spiro atoms. The molecular weight excluding hydrogens is 532 g/mol. The summed E-state index contributed by atoms with van der Waals surface area (Å²) in [6.45, 7) is 4.20. The molecule has 37 heavy (non-hydrogen) atoms. The number of methoxy groups -OCH3 is 2. The SMILES string of the molecule is COc1ccc(C2C3=C(CC(C)(C)CC3=O)Nc3ccccc3N2C(=O)c2ccc(Br)cc2)cc1OC. The van der Waals surface area contributed by atoms with Gasteiger partial charge in [0.15, 0.2) is 17.3 Å². The second-order valence-electron chi connectivity index (χ2n) is 10.2. The van der Waals surface area contributed by atoms with Crippen LogP contribution in [0.1, 0.15) is 48.7 Å². The topological polar surface area (TPSA) is 67.9 Å². The first-order valence-electron chi connectivity index (χ1n) is 12.2. The van der Waals surface area contributed by atoms with Gasteiger partial charge in [-0.25, -0.2) is 0 Å². The molecule has 1 aliphatic carbocycles. The van der Waals surface area contributed by atoms with Crippen LogP contribution in [0.4, 0.5) is 11.4 Å². The van der Waals surface area contributed by atoms with Gasteiger partial charge in [0.05, 0.1) is 31.6 Å². The van der Waals surface area contributed by atoms with Gasteiger partial charge in [0.1, 0.15) is 0 Å². The summed E-state index contributed by atoms with van der Waals surface area (Å²) in [5.74, 6) is 0.939. The number of anilines is 2. The first kappa shape index (κ1) is 25.1. The number of rotatable bonds is 4. The molecule has 3 aromatic carbocycles. The molecule has 1 amide bonds. The van der Waals surface area contributed by atoms with Gasteiger partial charge in [-0.3, -0.25) is 14.5 Å². The molecule has 0 aromatic heterocycles. The number of Topliss-reactive ketones (excluding diaryl/α,β-unsaturated/α-hetero) is 1. The van der Waals surface area contributed by atoms with Crippen LogP contribution in [0.15, 0.2) is 82.5 Å². The van der Waals surface area contributed by atoms with Crippen molar-refractivity contribution in [3.05, 3.63) is 93.6 Å². The van der Waals surface area contributed by atoms with E-state index in [-0.39, 0.29) is 17.1 Å². The number of carbonyl (C=O) groups excluding carboxylic acids is 2. The number of hydrogen-bond acceptors (Lipinski definition) is 5. The van der Waals surface area contributed by atoms with Crippen LogP contribution in [0.2, 0.25) is 0 Å². The Morgan fingerprint density at radius 3 is 2.38 bits per heavy atom. The Bertz CT molecular complexity index is 1410. The first-order valence-corrected chi connectivity index (χ1v) is 12.9. The van der Waals surface area contributed by atoms with Crippen molar-refractivity contribution >= 4 is 39.0 Å². The lowest BCUT2D eigenvalue weighted by Gasteiger charge is -2.37. The van der Waals surface area contributed by atoms with Crippen molar-refractivity contribution in [1.82, 2.24) is 0 Å². The molecule has 7 heteroatoms. The Balaban J connectivity index is 1.80. The van der Waals surface area contributed by atoms with Crippen molar-refractivity contribution < 1.29 is 19.1 Å². The van der Waals surface area contributed by atoms with Crippen molar-refractivity contribution in [2.75, 3.05) is 24.4 Å². The van der Waals surface area contributed by atoms with Crippen molar-refractivity contribution in [2.24, 2.45) is 5.41 Å². The summed E-state index contributed by atoms with van der Waals surface area (Å²) < 4.78 is 12.0. The summed E-state index contributed by atoms with van der Waals surface area (Å²) in [5, 5.41) is 3.55. The number of benzene rings is 3. The average Bonchev–Trinajstić information content (AvgIpc) is 3.02. The van der Waals surface area contributed by atoms with Gasteiger partial charge in [-0.2, -0.15) is 0 Å². The molecule has 1 unspecified atom stereocenters. The van der Waals surface area contributed by atoms with Crippen molar-refractivity contribution in [3.8, 4) is 11.5 Å². The Morgan fingerprint density at radius 2 is 1.68 bits per heavy atom. The molecule has 0 radical (unpaired) electrons. The molecule has 0 saturated heterocycles. The Morgan fingerprint density at radius 1 is 0.973 bits per heavy atom. The second kappa shape index (κ2) is 9.71. The molecule has 0 saturated carbocycles. The minimum absolute atomic E-state index is 0.0277. The van der Waals surface area contributed by atoms with Crippen molar-refractivity contribution in [1.29, 1.82) is 0 Å². The first-order chi connectivity index (χ1) is 17.7. The van der Waals surface area contributed by atoms with E-state index < -0.39 is 6.04 Å². The van der Waals surface area contributed by atoms with Gasteiger partial charge in [-0.05, 0) is 65.9 Å². The number of carbonyl (C=O) groups is 2. The van der Waals surface area contributed by atoms with Crippen LogP contribution < -0.4 is 19.7 Å². The lowest BCUT2D eigenvalue weighted by molar-refractivity contribution is -0.118. The Kier molecular flexibility index (Phi) is 6.58. The summed E-state index contributed by atoms with van der Waals surface area (Å²) in [5.41, 5.74) is 4.03. The summed E-state index contributed by atoms with van der Waals surface area (Å²) >= 11 is 3.46. The molecule has 3 aromatic rings. The molecule has 2 aliphatic rings. The zero-order valence-electron chi connectivity index (χ0n) is 21.3. The smallest absolute Gasteiger partial charge is 0.259 e. The molecule has 5 rings (SSSR count). The predicted octanol–water partition coefficient (Wildman–Crippen LogP) is 6.92. The maximum Gasteiger partial charge on any atom is 0.259 e. The van der Waals surface area contributed by atoms with Gasteiger partial charge < -0.3 is 14.8 Å². The molecule has 190 valence electrons. The van der Waals surface area contributed by atoms with Gasteiger partial charge in [-0.1, -0.05) is 48.0 Å². The van der Waals surface area contributed by atoms with Crippen LogP contribution in [0.5, 0.6) is 11.5 Å². The van der Waals surface area contributed by atoms with Crippen LogP contribution in [0.25, 0.3) is 0 Å². The third kappa shape index (κ3) is 4.64. The molecule has 6 nitrogen and oxygen atoms in total. The fraction of sp³-hybridized carbons (Fsp3) is 0.267. The van der Waals surface area contributed by atoms with Crippen molar-refractivity contribution in [2.45, 2.75) is 32.7 Å². The number of ketones is 1. The van der Waals surface area contributed by atoms with E-state index in [0.29, 0.717) is 41.2 Å². The molecule has 1 aliphatic heterocycles. The molecule has 0 fully saturated rings. The summed E-state index contributed by atoms with van der Waals surface area (Å²) in [7, 11) is 3.16. The Hall–Kier alpha value is -3.58. The van der Waals surface area contributed by atoms with Crippen molar-refractivity contribution in [3.63, 3.8) is 0 Å². The maximum absolute atomic E-state index is 14.3. The fourth-order valence-electron chi connectivity index (χ4n) is 5.28. The summed E-state index contributed by atoms with van der Waals surface area (Å²) in [6.07, 6.45) is 1.08. The van der Waals surface area contributed by atoms with Gasteiger partial charge >= 0.3 is 0 Å². The van der Waals surface area contributed by atoms with Crippen LogP contribution in [-0.2, 0) is 4.79 Å². The second-order valence-corrected chi connectivity index (χ2v) is 11.1. The summed E-state index contributed by atoms with van der Waals surface area (Å²) in [6, 6.07) is 19.9. The quantitative estimate of drug-likeness (QED) is 0.375. The fourth-order valence-corrected chi connectivity index (χ4v) is 5.54. The molecular formula is C30H29BrN2O4. The highest BCUT2D eigenvalue weighted by Crippen LogP contribution is 2.49. The van der Waals surface area contributed by atoms with E-state index in [2.05, 4.69) is 35.1 Å². The van der Waals surface area contributed by atoms with E-state index in [1.165, 1.54) is 0 Å². The highest BCUT2D eigenvalue weighted by molar-refractivity contribution is 9.10. The highest BCUT2D eigenvalue weighted by atomic mass is 79.9. The molecule has 1 heterocycles. The normalized spacial score (nSPS) is 18.4. The lowest BCUT2D eigenvalue weighted by atomic mass is 9.73. The van der Waals surface area contributed by atoms with Gasteiger partial charge in [0.25, 0.3) is 5.91 Å². The van der Waals surface area contributed by atoms with E-state index in [1.54, 1.807) is 31.3 Å². The number of amides is 1.